The molecule has 0 atom stereocenters. The Morgan fingerprint density at radius 1 is 1.06 bits per heavy atom. The third-order valence-corrected chi connectivity index (χ3v) is 5.04. The zero-order valence-corrected chi connectivity index (χ0v) is 17.8. The Kier molecular flexibility index (Phi) is 6.39. The summed E-state index contributed by atoms with van der Waals surface area (Å²) in [5.74, 6) is -0.560. The number of alkyl halides is 3. The van der Waals surface area contributed by atoms with Crippen LogP contribution in [0.4, 0.5) is 13.2 Å². The monoisotopic (exact) mass is 459 g/mol. The normalized spacial score (nSPS) is 12.3. The van der Waals surface area contributed by atoms with Gasteiger partial charge in [0.1, 0.15) is 11.5 Å². The van der Waals surface area contributed by atoms with Gasteiger partial charge in [-0.1, -0.05) is 10.3 Å². The van der Waals surface area contributed by atoms with E-state index in [2.05, 4.69) is 19.8 Å². The van der Waals surface area contributed by atoms with Crippen molar-refractivity contribution < 1.29 is 35.4 Å². The van der Waals surface area contributed by atoms with Crippen LogP contribution in [0.2, 0.25) is 0 Å². The highest BCUT2D eigenvalue weighted by Gasteiger charge is 2.38. The molecule has 0 aliphatic heterocycles. The number of rotatable bonds is 8. The van der Waals surface area contributed by atoms with E-state index in [0.717, 1.165) is 6.26 Å². The zero-order chi connectivity index (χ0) is 22.8. The Labute approximate surface area is 176 Å². The van der Waals surface area contributed by atoms with Gasteiger partial charge in [-0.2, -0.15) is 18.2 Å². The number of nitrogens with zero attached hydrogens (tertiary/aromatic N) is 3. The Morgan fingerprint density at radius 2 is 1.74 bits per heavy atom. The lowest BCUT2D eigenvalue weighted by molar-refractivity contribution is -0.159. The first-order valence-corrected chi connectivity index (χ1v) is 11.3. The molecule has 0 unspecified atom stereocenters. The highest BCUT2D eigenvalue weighted by Crippen LogP contribution is 2.32. The van der Waals surface area contributed by atoms with Crippen molar-refractivity contribution in [3.63, 3.8) is 0 Å². The molecule has 0 saturated heterocycles. The summed E-state index contributed by atoms with van der Waals surface area (Å²) in [5, 5.41) is 7.13. The van der Waals surface area contributed by atoms with E-state index in [4.69, 9.17) is 9.26 Å². The van der Waals surface area contributed by atoms with E-state index in [9.17, 15) is 21.6 Å². The van der Waals surface area contributed by atoms with Gasteiger partial charge in [0, 0.05) is 24.3 Å². The quantitative estimate of drug-likeness (QED) is 0.467. The topological polar surface area (TPSA) is 108 Å². The van der Waals surface area contributed by atoms with Crippen molar-refractivity contribution in [2.45, 2.75) is 38.6 Å². The van der Waals surface area contributed by atoms with E-state index >= 15 is 0 Å². The fourth-order valence-corrected chi connectivity index (χ4v) is 3.67. The second-order valence-electron chi connectivity index (χ2n) is 7.17. The third-order valence-electron chi connectivity index (χ3n) is 4.22. The minimum atomic E-state index is -4.70. The van der Waals surface area contributed by atoms with Crippen molar-refractivity contribution in [3.8, 4) is 17.1 Å². The SMILES string of the molecule is Cc1cc(-c2noc(C(F)(F)F)n2)cc(C)c1OCCCc1cc(CS(C)(=O)=O)no1. The van der Waals surface area contributed by atoms with Gasteiger partial charge in [0.25, 0.3) is 0 Å². The molecule has 3 rings (SSSR count). The van der Waals surface area contributed by atoms with Crippen LogP contribution < -0.4 is 4.74 Å². The first kappa shape index (κ1) is 22.8. The molecule has 2 heterocycles. The first-order chi connectivity index (χ1) is 14.4. The van der Waals surface area contributed by atoms with Gasteiger partial charge in [0.05, 0.1) is 18.1 Å². The van der Waals surface area contributed by atoms with Crippen LogP contribution in [0.15, 0.2) is 27.2 Å². The van der Waals surface area contributed by atoms with E-state index in [1.165, 1.54) is 0 Å². The maximum absolute atomic E-state index is 12.7. The minimum absolute atomic E-state index is 0.153. The van der Waals surface area contributed by atoms with Gasteiger partial charge in [-0.05, 0) is 43.5 Å². The molecule has 2 aromatic heterocycles. The summed E-state index contributed by atoms with van der Waals surface area (Å²) in [4.78, 5) is 3.40. The van der Waals surface area contributed by atoms with Gasteiger partial charge < -0.3 is 13.8 Å². The molecule has 0 bridgehead atoms. The maximum atomic E-state index is 12.7. The third kappa shape index (κ3) is 6.06. The van der Waals surface area contributed by atoms with Crippen LogP contribution in [0.25, 0.3) is 11.4 Å². The van der Waals surface area contributed by atoms with Crippen molar-refractivity contribution in [1.82, 2.24) is 15.3 Å². The zero-order valence-electron chi connectivity index (χ0n) is 17.0. The highest BCUT2D eigenvalue weighted by atomic mass is 32.2. The van der Waals surface area contributed by atoms with Crippen molar-refractivity contribution >= 4 is 9.84 Å². The molecule has 0 N–H and O–H groups in total. The van der Waals surface area contributed by atoms with Crippen LogP contribution >= 0.6 is 0 Å². The summed E-state index contributed by atoms with van der Waals surface area (Å²) in [6.45, 7) is 3.89. The lowest BCUT2D eigenvalue weighted by Gasteiger charge is -2.13. The van der Waals surface area contributed by atoms with E-state index < -0.39 is 21.9 Å². The minimum Gasteiger partial charge on any atom is -0.493 e. The summed E-state index contributed by atoms with van der Waals surface area (Å²) in [5.41, 5.74) is 2.17. The predicted molar refractivity (Wildman–Crippen MR) is 103 cm³/mol. The number of ether oxygens (including phenoxy) is 1. The van der Waals surface area contributed by atoms with Crippen LogP contribution in [-0.2, 0) is 28.2 Å². The molecule has 3 aromatic rings. The summed E-state index contributed by atoms with van der Waals surface area (Å²) in [7, 11) is -3.18. The van der Waals surface area contributed by atoms with Gasteiger partial charge in [0.2, 0.25) is 5.82 Å². The molecule has 0 fully saturated rings. The van der Waals surface area contributed by atoms with Gasteiger partial charge >= 0.3 is 12.1 Å². The number of sulfone groups is 1. The summed E-state index contributed by atoms with van der Waals surface area (Å²) in [6, 6.07) is 4.86. The second kappa shape index (κ2) is 8.69. The molecule has 168 valence electrons. The van der Waals surface area contributed by atoms with Crippen molar-refractivity contribution in [2.75, 3.05) is 12.9 Å². The van der Waals surface area contributed by atoms with E-state index in [0.29, 0.717) is 53.3 Å². The Morgan fingerprint density at radius 3 is 2.32 bits per heavy atom. The summed E-state index contributed by atoms with van der Waals surface area (Å²) >= 11 is 0. The number of benzene rings is 1. The molecule has 0 radical (unpaired) electrons. The molecule has 12 heteroatoms. The van der Waals surface area contributed by atoms with Gasteiger partial charge in [0.15, 0.2) is 9.84 Å². The molecule has 31 heavy (non-hydrogen) atoms. The lowest BCUT2D eigenvalue weighted by atomic mass is 10.1. The van der Waals surface area contributed by atoms with Crippen LogP contribution in [0.3, 0.4) is 0 Å². The standard InChI is InChI=1S/C19H20F3N3O5S/c1-11-7-13(17-23-18(30-25-17)19(20,21)22)8-12(2)16(11)28-6-4-5-15-9-14(24-29-15)10-31(3,26)27/h7-9H,4-6,10H2,1-3H3. The van der Waals surface area contributed by atoms with E-state index in [1.54, 1.807) is 32.0 Å². The Hall–Kier alpha value is -2.89. The average Bonchev–Trinajstić information content (AvgIpc) is 3.28. The second-order valence-corrected chi connectivity index (χ2v) is 9.31. The van der Waals surface area contributed by atoms with E-state index in [-0.39, 0.29) is 11.6 Å². The van der Waals surface area contributed by atoms with Crippen molar-refractivity contribution in [1.29, 1.82) is 0 Å². The van der Waals surface area contributed by atoms with Crippen LogP contribution in [0, 0.1) is 13.8 Å². The first-order valence-electron chi connectivity index (χ1n) is 9.20. The molecular weight excluding hydrogens is 439 g/mol. The highest BCUT2D eigenvalue weighted by molar-refractivity contribution is 7.89. The molecule has 0 aliphatic carbocycles. The number of aromatic nitrogens is 3. The van der Waals surface area contributed by atoms with Gasteiger partial charge in [-0.25, -0.2) is 8.42 Å². The Bertz CT molecular complexity index is 1150. The number of hydrogen-bond acceptors (Lipinski definition) is 8. The van der Waals surface area contributed by atoms with Crippen molar-refractivity contribution in [3.05, 3.63) is 46.7 Å². The Balaban J connectivity index is 1.59. The molecule has 0 aliphatic rings. The van der Waals surface area contributed by atoms with E-state index in [1.807, 2.05) is 0 Å². The van der Waals surface area contributed by atoms with Gasteiger partial charge in [-0.15, -0.1) is 0 Å². The fourth-order valence-electron chi connectivity index (χ4n) is 2.99. The van der Waals surface area contributed by atoms with Crippen LogP contribution in [-0.4, -0.2) is 36.6 Å². The summed E-state index contributed by atoms with van der Waals surface area (Å²) < 4.78 is 75.8. The summed E-state index contributed by atoms with van der Waals surface area (Å²) in [6.07, 6.45) is -2.48. The molecule has 0 saturated carbocycles. The molecular formula is C19H20F3N3O5S. The number of aryl methyl sites for hydroxylation is 3. The molecule has 0 spiro atoms. The number of halogens is 3. The largest absolute Gasteiger partial charge is 0.493 e. The smallest absolute Gasteiger partial charge is 0.471 e. The lowest BCUT2D eigenvalue weighted by Crippen LogP contribution is -2.05. The fraction of sp³-hybridized carbons (Fsp3) is 0.421. The predicted octanol–water partition coefficient (Wildman–Crippen LogP) is 3.92. The average molecular weight is 459 g/mol. The van der Waals surface area contributed by atoms with Crippen molar-refractivity contribution in [2.24, 2.45) is 0 Å². The van der Waals surface area contributed by atoms with Gasteiger partial charge in [-0.3, -0.25) is 0 Å². The molecule has 8 nitrogen and oxygen atoms in total. The maximum Gasteiger partial charge on any atom is 0.471 e. The van der Waals surface area contributed by atoms with Crippen LogP contribution in [0.1, 0.15) is 34.9 Å². The molecule has 0 amide bonds. The van der Waals surface area contributed by atoms with Crippen LogP contribution in [0.5, 0.6) is 5.75 Å². The number of hydrogen-bond donors (Lipinski definition) is 0. The molecule has 1 aromatic carbocycles.